The molecule has 1 N–H and O–H groups in total. The number of aliphatic carboxylic acids is 1. The molecule has 0 unspecified atom stereocenters. The minimum absolute atomic E-state index is 0.0214. The van der Waals surface area contributed by atoms with Gasteiger partial charge >= 0.3 is 5.97 Å². The standard InChI is InChI=1S/C25H26N2O6S/c1-16-5-4-6-21(13-16)34(30,31)27-15-20(9-12-25(28)29)32-24-11-8-19(14-23(24)27)7-10-22-17(2)26-33-18(22)3/h4-8,10-11,13-14,20H,9,12,15H2,1-3H3,(H,28,29)/b10-7+/t20-/m0/s1. The molecule has 9 heteroatoms. The topological polar surface area (TPSA) is 110 Å². The van der Waals surface area contributed by atoms with E-state index in [9.17, 15) is 13.2 Å². The lowest BCUT2D eigenvalue weighted by atomic mass is 10.1. The summed E-state index contributed by atoms with van der Waals surface area (Å²) in [4.78, 5) is 11.3. The summed E-state index contributed by atoms with van der Waals surface area (Å²) in [5, 5.41) is 13.0. The number of carbonyl (C=O) groups is 1. The van der Waals surface area contributed by atoms with Crippen molar-refractivity contribution < 1.29 is 27.6 Å². The molecule has 1 aliphatic heterocycles. The van der Waals surface area contributed by atoms with Crippen LogP contribution in [0.2, 0.25) is 0 Å². The smallest absolute Gasteiger partial charge is 0.303 e. The molecule has 1 aliphatic rings. The summed E-state index contributed by atoms with van der Waals surface area (Å²) in [5.41, 5.74) is 3.64. The second-order valence-corrected chi connectivity index (χ2v) is 10.2. The first-order valence-corrected chi connectivity index (χ1v) is 12.3. The third kappa shape index (κ3) is 4.84. The zero-order valence-electron chi connectivity index (χ0n) is 19.2. The molecule has 0 amide bonds. The summed E-state index contributed by atoms with van der Waals surface area (Å²) >= 11 is 0. The molecule has 0 spiro atoms. The molecule has 0 radical (unpaired) electrons. The van der Waals surface area contributed by atoms with Gasteiger partial charge in [-0.2, -0.15) is 0 Å². The van der Waals surface area contributed by atoms with Crippen LogP contribution in [-0.4, -0.2) is 37.3 Å². The van der Waals surface area contributed by atoms with Gasteiger partial charge in [-0.05, 0) is 68.7 Å². The maximum absolute atomic E-state index is 13.6. The highest BCUT2D eigenvalue weighted by Crippen LogP contribution is 2.39. The molecular formula is C25H26N2O6S. The number of hydrogen-bond donors (Lipinski definition) is 1. The van der Waals surface area contributed by atoms with Crippen molar-refractivity contribution in [2.24, 2.45) is 0 Å². The molecule has 34 heavy (non-hydrogen) atoms. The number of anilines is 1. The van der Waals surface area contributed by atoms with Crippen LogP contribution in [0.25, 0.3) is 12.2 Å². The van der Waals surface area contributed by atoms with Crippen LogP contribution in [0, 0.1) is 20.8 Å². The van der Waals surface area contributed by atoms with Crippen molar-refractivity contribution in [3.63, 3.8) is 0 Å². The van der Waals surface area contributed by atoms with E-state index in [2.05, 4.69) is 5.16 Å². The summed E-state index contributed by atoms with van der Waals surface area (Å²) in [6.07, 6.45) is 3.24. The summed E-state index contributed by atoms with van der Waals surface area (Å²) in [6.45, 7) is 5.53. The molecule has 1 atom stereocenters. The van der Waals surface area contributed by atoms with Gasteiger partial charge in [-0.1, -0.05) is 29.4 Å². The average molecular weight is 483 g/mol. The van der Waals surface area contributed by atoms with Crippen molar-refractivity contribution >= 4 is 33.8 Å². The molecule has 2 heterocycles. The van der Waals surface area contributed by atoms with Crippen molar-refractivity contribution in [2.45, 2.75) is 44.6 Å². The molecule has 0 aliphatic carbocycles. The highest BCUT2D eigenvalue weighted by atomic mass is 32.2. The van der Waals surface area contributed by atoms with E-state index in [4.69, 9.17) is 14.4 Å². The van der Waals surface area contributed by atoms with Gasteiger partial charge in [0, 0.05) is 12.0 Å². The second kappa shape index (κ2) is 9.34. The number of carboxylic acids is 1. The number of benzene rings is 2. The molecule has 0 bridgehead atoms. The van der Waals surface area contributed by atoms with Crippen LogP contribution >= 0.6 is 0 Å². The van der Waals surface area contributed by atoms with E-state index in [1.807, 2.05) is 45.1 Å². The lowest BCUT2D eigenvalue weighted by Gasteiger charge is -2.35. The van der Waals surface area contributed by atoms with Gasteiger partial charge in [0.1, 0.15) is 17.6 Å². The summed E-state index contributed by atoms with van der Waals surface area (Å²) in [6, 6.07) is 12.0. The number of rotatable bonds is 7. The van der Waals surface area contributed by atoms with Gasteiger partial charge < -0.3 is 14.4 Å². The van der Waals surface area contributed by atoms with E-state index in [-0.39, 0.29) is 24.3 Å². The first-order valence-electron chi connectivity index (χ1n) is 10.9. The van der Waals surface area contributed by atoms with Gasteiger partial charge in [0.05, 0.1) is 22.8 Å². The quantitative estimate of drug-likeness (QED) is 0.524. The maximum atomic E-state index is 13.6. The molecular weight excluding hydrogens is 456 g/mol. The van der Waals surface area contributed by atoms with Gasteiger partial charge in [-0.15, -0.1) is 0 Å². The van der Waals surface area contributed by atoms with E-state index < -0.39 is 22.1 Å². The zero-order chi connectivity index (χ0) is 24.5. The molecule has 0 fully saturated rings. The van der Waals surface area contributed by atoms with Gasteiger partial charge in [0.15, 0.2) is 0 Å². The number of sulfonamides is 1. The Balaban J connectivity index is 1.74. The Bertz CT molecular complexity index is 1340. The number of fused-ring (bicyclic) bond motifs is 1. The fourth-order valence-corrected chi connectivity index (χ4v) is 5.51. The van der Waals surface area contributed by atoms with Crippen LogP contribution in [0.3, 0.4) is 0 Å². The molecule has 3 aromatic rings. The lowest BCUT2D eigenvalue weighted by Crippen LogP contribution is -2.43. The number of aryl methyl sites for hydroxylation is 3. The molecule has 0 saturated heterocycles. The van der Waals surface area contributed by atoms with Crippen LogP contribution in [0.15, 0.2) is 51.9 Å². The van der Waals surface area contributed by atoms with E-state index in [1.54, 1.807) is 30.3 Å². The molecule has 8 nitrogen and oxygen atoms in total. The van der Waals surface area contributed by atoms with E-state index >= 15 is 0 Å². The van der Waals surface area contributed by atoms with Gasteiger partial charge in [0.2, 0.25) is 0 Å². The van der Waals surface area contributed by atoms with Gasteiger partial charge in [0.25, 0.3) is 10.0 Å². The van der Waals surface area contributed by atoms with E-state index in [0.717, 1.165) is 22.4 Å². The third-order valence-corrected chi connectivity index (χ3v) is 7.48. The summed E-state index contributed by atoms with van der Waals surface area (Å²) in [7, 11) is -3.90. The Morgan fingerprint density at radius 1 is 1.18 bits per heavy atom. The third-order valence-electron chi connectivity index (χ3n) is 5.70. The highest BCUT2D eigenvalue weighted by Gasteiger charge is 2.35. The van der Waals surface area contributed by atoms with E-state index in [0.29, 0.717) is 17.2 Å². The SMILES string of the molecule is Cc1cccc(S(=O)(=O)N2C[C@H](CCC(=O)O)Oc3ccc(/C=C/c4c(C)noc4C)cc32)c1. The fourth-order valence-electron chi connectivity index (χ4n) is 3.91. The van der Waals surface area contributed by atoms with Crippen LogP contribution < -0.4 is 9.04 Å². The van der Waals surface area contributed by atoms with Crippen LogP contribution in [0.4, 0.5) is 5.69 Å². The zero-order valence-corrected chi connectivity index (χ0v) is 20.0. The Morgan fingerprint density at radius 3 is 2.65 bits per heavy atom. The predicted octanol–water partition coefficient (Wildman–Crippen LogP) is 4.59. The largest absolute Gasteiger partial charge is 0.486 e. The van der Waals surface area contributed by atoms with Crippen molar-refractivity contribution in [2.75, 3.05) is 10.8 Å². The Kier molecular flexibility index (Phi) is 6.47. The van der Waals surface area contributed by atoms with Crippen molar-refractivity contribution in [3.05, 3.63) is 70.6 Å². The Hall–Kier alpha value is -3.59. The molecule has 4 rings (SSSR count). The predicted molar refractivity (Wildman–Crippen MR) is 128 cm³/mol. The first kappa shape index (κ1) is 23.6. The average Bonchev–Trinajstić information content (AvgIpc) is 3.12. The van der Waals surface area contributed by atoms with Crippen LogP contribution in [-0.2, 0) is 14.8 Å². The lowest BCUT2D eigenvalue weighted by molar-refractivity contribution is -0.137. The molecule has 0 saturated carbocycles. The monoisotopic (exact) mass is 482 g/mol. The van der Waals surface area contributed by atoms with E-state index in [1.165, 1.54) is 4.31 Å². The van der Waals surface area contributed by atoms with Crippen LogP contribution in [0.1, 0.15) is 41.0 Å². The summed E-state index contributed by atoms with van der Waals surface area (Å²) in [5.74, 6) is 0.134. The summed E-state index contributed by atoms with van der Waals surface area (Å²) < 4.78 is 39.8. The number of carboxylic acid groups (broad SMARTS) is 1. The number of aromatic nitrogens is 1. The fraction of sp³-hybridized carbons (Fsp3) is 0.280. The second-order valence-electron chi connectivity index (χ2n) is 8.32. The number of hydrogen-bond acceptors (Lipinski definition) is 6. The minimum Gasteiger partial charge on any atom is -0.486 e. The molecule has 1 aromatic heterocycles. The van der Waals surface area contributed by atoms with Crippen LogP contribution in [0.5, 0.6) is 5.75 Å². The van der Waals surface area contributed by atoms with Crippen molar-refractivity contribution in [3.8, 4) is 5.75 Å². The molecule has 2 aromatic carbocycles. The number of ether oxygens (including phenoxy) is 1. The normalized spacial score (nSPS) is 15.9. The minimum atomic E-state index is -3.90. The highest BCUT2D eigenvalue weighted by molar-refractivity contribution is 7.92. The van der Waals surface area contributed by atoms with Crippen molar-refractivity contribution in [1.82, 2.24) is 5.16 Å². The number of nitrogens with zero attached hydrogens (tertiary/aromatic N) is 2. The molecule has 178 valence electrons. The van der Waals surface area contributed by atoms with Gasteiger partial charge in [-0.3, -0.25) is 9.10 Å². The Labute approximate surface area is 198 Å². The Morgan fingerprint density at radius 2 is 1.97 bits per heavy atom. The first-order chi connectivity index (χ1) is 16.1. The van der Waals surface area contributed by atoms with Gasteiger partial charge in [-0.25, -0.2) is 8.42 Å². The van der Waals surface area contributed by atoms with Crippen molar-refractivity contribution in [1.29, 1.82) is 0 Å². The maximum Gasteiger partial charge on any atom is 0.303 e.